The number of hydrogen-bond donors (Lipinski definition) is 0. The molecule has 27 aromatic carbocycles. The van der Waals surface area contributed by atoms with E-state index < -0.39 is 0 Å². The molecule has 27 rings (SSSR count). The first kappa shape index (κ1) is 89.2. The summed E-state index contributed by atoms with van der Waals surface area (Å²) in [5.74, 6) is 0. The Morgan fingerprint density at radius 2 is 0.320 bits per heavy atom. The average Bonchev–Trinajstić information content (AvgIpc) is 0.771. The largest absolute Gasteiger partial charge is 0.345 e. The molecule has 0 N–H and O–H groups in total. The van der Waals surface area contributed by atoms with Gasteiger partial charge in [0.1, 0.15) is 0 Å². The van der Waals surface area contributed by atoms with Crippen LogP contribution in [0.5, 0.6) is 0 Å². The van der Waals surface area contributed by atoms with Crippen molar-refractivity contribution < 1.29 is 0 Å². The SMILES string of the molecule is CN(c1ccc(-c2ccc(N(c3cccc4ccccc34)c3cccc4ccccc34)cc2)cc1)c1c2ccccc2cc2ccccc12.CN(c1ccc(-c2ccc(N(c3cccc4ccccc34)c3cccc4ccccc34)cc2)cc1)c1cc2ccccc2c2ccccc12.CN(c1ccc(-c2ccc(N(c3cccc4ccccc34)c3cccc4ccccc34)cc2)cc1)c1ccc2cc3ccccc3cc2c1. The van der Waals surface area contributed by atoms with E-state index in [0.717, 1.165) is 68.2 Å². The second kappa shape index (κ2) is 39.0. The van der Waals surface area contributed by atoms with Gasteiger partial charge >= 0.3 is 0 Å². The summed E-state index contributed by atoms with van der Waals surface area (Å²) in [7, 11) is 6.48. The van der Waals surface area contributed by atoms with Gasteiger partial charge in [-0.1, -0.05) is 419 Å². The van der Waals surface area contributed by atoms with E-state index in [1.54, 1.807) is 0 Å². The Morgan fingerprint density at radius 3 is 0.639 bits per heavy atom. The van der Waals surface area contributed by atoms with Crippen LogP contribution < -0.4 is 29.4 Å². The zero-order valence-corrected chi connectivity index (χ0v) is 81.9. The van der Waals surface area contributed by atoms with Crippen LogP contribution in [0.25, 0.3) is 163 Å². The summed E-state index contributed by atoms with van der Waals surface area (Å²) < 4.78 is 0. The zero-order chi connectivity index (χ0) is 98.2. The van der Waals surface area contributed by atoms with Crippen molar-refractivity contribution in [3.63, 3.8) is 0 Å². The summed E-state index contributed by atoms with van der Waals surface area (Å²) in [6.45, 7) is 0. The molecule has 0 aliphatic heterocycles. The molecule has 0 radical (unpaired) electrons. The van der Waals surface area contributed by atoms with Crippen LogP contribution >= 0.6 is 0 Å². The second-order valence-electron chi connectivity index (χ2n) is 38.0. The number of rotatable bonds is 18. The minimum atomic E-state index is 1.12. The maximum atomic E-state index is 2.40. The minimum Gasteiger partial charge on any atom is -0.345 e. The van der Waals surface area contributed by atoms with E-state index in [0.29, 0.717) is 0 Å². The van der Waals surface area contributed by atoms with E-state index in [-0.39, 0.29) is 0 Å². The van der Waals surface area contributed by atoms with E-state index in [4.69, 9.17) is 0 Å². The summed E-state index contributed by atoms with van der Waals surface area (Å²) in [6, 6.07) is 204. The Morgan fingerprint density at radius 1 is 0.109 bits per heavy atom. The van der Waals surface area contributed by atoms with Crippen LogP contribution in [0, 0.1) is 0 Å². The van der Waals surface area contributed by atoms with Gasteiger partial charge in [-0.15, -0.1) is 0 Å². The Labute approximate surface area is 856 Å². The van der Waals surface area contributed by atoms with Crippen LogP contribution in [-0.2, 0) is 0 Å². The first-order valence-corrected chi connectivity index (χ1v) is 50.5. The number of nitrogens with zero attached hydrogens (tertiary/aromatic N) is 6. The Balaban J connectivity index is 0.000000115. The Bertz CT molecular complexity index is 9280. The molecule has 0 bridgehead atoms. The standard InChI is InChI=1S/3C47H34N2/c1-48(47-43-20-8-4-14-37(43)32-38-15-5-9-21-44(38)47)39-28-24-33(25-29-39)34-26-30-40(31-27-34)49(45-22-10-16-35-12-2-6-18-41(35)45)46-23-11-17-36-13-3-7-19-42(36)46;1-48(47-32-37-14-4-5-17-40(37)43-20-8-9-21-44(43)47)38-28-24-33(25-29-38)34-26-30-39(31-27-34)49(45-22-10-15-35-12-2-6-18-41(35)45)46-23-11-16-36-13-3-7-19-42(36)46;1-48(43-29-24-39-30-37-12-2-3-13-38(37)31-40(39)32-43)41-25-20-33(21-26-41)34-22-27-42(28-23-34)49(46-18-8-14-35-10-4-6-16-44(35)46)47-19-9-15-36-11-5-7-17-45(36)47/h3*2-32H,1H3. The summed E-state index contributed by atoms with van der Waals surface area (Å²) in [5, 5.41) is 29.8. The van der Waals surface area contributed by atoms with Crippen molar-refractivity contribution in [2.75, 3.05) is 50.5 Å². The van der Waals surface area contributed by atoms with Gasteiger partial charge in [-0.25, -0.2) is 0 Å². The molecule has 0 aliphatic carbocycles. The Hall–Kier alpha value is -19.1. The summed E-state index contributed by atoms with van der Waals surface area (Å²) in [6.07, 6.45) is 0. The quantitative estimate of drug-likeness (QED) is 0.0625. The van der Waals surface area contributed by atoms with E-state index >= 15 is 0 Å². The van der Waals surface area contributed by atoms with Crippen LogP contribution in [-0.4, -0.2) is 21.1 Å². The molecule has 147 heavy (non-hydrogen) atoms. The molecule has 6 heteroatoms. The fourth-order valence-electron chi connectivity index (χ4n) is 21.9. The van der Waals surface area contributed by atoms with Crippen molar-refractivity contribution in [3.8, 4) is 33.4 Å². The van der Waals surface area contributed by atoms with Crippen LogP contribution in [0.3, 0.4) is 0 Å². The summed E-state index contributed by atoms with van der Waals surface area (Å²) >= 11 is 0. The molecule has 0 unspecified atom stereocenters. The maximum Gasteiger partial charge on any atom is 0.0567 e. The van der Waals surface area contributed by atoms with Crippen molar-refractivity contribution in [1.82, 2.24) is 0 Å². The predicted octanol–water partition coefficient (Wildman–Crippen LogP) is 39.6. The van der Waals surface area contributed by atoms with Gasteiger partial charge in [0.05, 0.1) is 39.8 Å². The molecule has 0 spiro atoms. The molecule has 0 heterocycles. The molecular weight excluding hydrogens is 1780 g/mol. The molecule has 6 nitrogen and oxygen atoms in total. The normalized spacial score (nSPS) is 11.4. The average molecular weight is 1880 g/mol. The topological polar surface area (TPSA) is 19.4 Å². The summed E-state index contributed by atoms with van der Waals surface area (Å²) in [5.41, 5.74) is 24.5. The third-order valence-electron chi connectivity index (χ3n) is 29.4. The highest BCUT2D eigenvalue weighted by Crippen LogP contribution is 2.50. The maximum absolute atomic E-state index is 2.40. The van der Waals surface area contributed by atoms with E-state index in [9.17, 15) is 0 Å². The molecule has 0 saturated heterocycles. The van der Waals surface area contributed by atoms with Crippen LogP contribution in [0.15, 0.2) is 564 Å². The lowest BCUT2D eigenvalue weighted by atomic mass is 9.99. The molecule has 0 amide bonds. The first-order chi connectivity index (χ1) is 72.6. The van der Waals surface area contributed by atoms with Gasteiger partial charge in [-0.3, -0.25) is 0 Å². The smallest absolute Gasteiger partial charge is 0.0567 e. The molecular formula is C141H102N6. The highest BCUT2D eigenvalue weighted by Gasteiger charge is 2.25. The van der Waals surface area contributed by atoms with Crippen molar-refractivity contribution in [3.05, 3.63) is 564 Å². The van der Waals surface area contributed by atoms with E-state index in [1.807, 2.05) is 0 Å². The number of hydrogen-bond acceptors (Lipinski definition) is 6. The van der Waals surface area contributed by atoms with Crippen molar-refractivity contribution in [1.29, 1.82) is 0 Å². The van der Waals surface area contributed by atoms with Crippen LogP contribution in [0.1, 0.15) is 0 Å². The molecule has 0 aromatic heterocycles. The van der Waals surface area contributed by atoms with Gasteiger partial charge in [0.2, 0.25) is 0 Å². The fourth-order valence-corrected chi connectivity index (χ4v) is 21.9. The van der Waals surface area contributed by atoms with Crippen LogP contribution in [0.4, 0.5) is 85.3 Å². The van der Waals surface area contributed by atoms with E-state index in [1.165, 1.54) is 180 Å². The van der Waals surface area contributed by atoms with Crippen molar-refractivity contribution >= 4 is 215 Å². The van der Waals surface area contributed by atoms with Gasteiger partial charge in [0, 0.05) is 115 Å². The second-order valence-corrected chi connectivity index (χ2v) is 38.0. The minimum absolute atomic E-state index is 1.12. The van der Waals surface area contributed by atoms with Gasteiger partial charge in [-0.2, -0.15) is 0 Å². The molecule has 0 fully saturated rings. The van der Waals surface area contributed by atoms with Gasteiger partial charge in [-0.05, 0) is 260 Å². The lowest BCUT2D eigenvalue weighted by Gasteiger charge is -2.28. The lowest BCUT2D eigenvalue weighted by Crippen LogP contribution is -2.11. The number of fused-ring (bicyclic) bond motifs is 13. The summed E-state index contributed by atoms with van der Waals surface area (Å²) in [4.78, 5) is 14.1. The fraction of sp³-hybridized carbons (Fsp3) is 0.0213. The highest BCUT2D eigenvalue weighted by molar-refractivity contribution is 6.16. The lowest BCUT2D eigenvalue weighted by molar-refractivity contribution is 1.21. The third-order valence-corrected chi connectivity index (χ3v) is 29.4. The molecule has 0 saturated carbocycles. The first-order valence-electron chi connectivity index (χ1n) is 50.5. The molecule has 27 aromatic rings. The van der Waals surface area contributed by atoms with Gasteiger partial charge in [0.25, 0.3) is 0 Å². The van der Waals surface area contributed by atoms with Crippen molar-refractivity contribution in [2.45, 2.75) is 0 Å². The van der Waals surface area contributed by atoms with Crippen molar-refractivity contribution in [2.24, 2.45) is 0 Å². The predicted molar refractivity (Wildman–Crippen MR) is 633 cm³/mol. The monoisotopic (exact) mass is 1880 g/mol. The van der Waals surface area contributed by atoms with E-state index in [2.05, 4.69) is 615 Å². The number of benzene rings is 27. The zero-order valence-electron chi connectivity index (χ0n) is 81.9. The number of anilines is 15. The molecule has 0 aliphatic rings. The Kier molecular flexibility index (Phi) is 23.7. The highest BCUT2D eigenvalue weighted by atomic mass is 15.2. The molecule has 696 valence electrons. The van der Waals surface area contributed by atoms with Gasteiger partial charge in [0.15, 0.2) is 0 Å². The third kappa shape index (κ3) is 17.2. The molecule has 0 atom stereocenters. The van der Waals surface area contributed by atoms with Gasteiger partial charge < -0.3 is 29.4 Å². The van der Waals surface area contributed by atoms with Crippen LogP contribution in [0.2, 0.25) is 0 Å².